The number of rotatable bonds is 6. The Morgan fingerprint density at radius 2 is 1.91 bits per heavy atom. The molecule has 0 aromatic heterocycles. The van der Waals surface area contributed by atoms with E-state index in [4.69, 9.17) is 6.58 Å². The molecule has 0 aromatic carbocycles. The zero-order valence-corrected chi connectivity index (χ0v) is 7.29. The molecule has 0 atom stereocenters. The standard InChI is InChI=1S/C11H17/c1-3-5-7-9-11-10-8-6-4-2/h1,3-4,6,10-11H,5,7-9H2,2H3. The molecule has 0 spiro atoms. The number of hydrogen-bond donors (Lipinski definition) is 0. The van der Waals surface area contributed by atoms with Gasteiger partial charge in [0.15, 0.2) is 0 Å². The van der Waals surface area contributed by atoms with Crippen molar-refractivity contribution in [1.29, 1.82) is 0 Å². The van der Waals surface area contributed by atoms with Crippen LogP contribution in [0.2, 0.25) is 0 Å². The second kappa shape index (κ2) is 9.22. The largest absolute Gasteiger partial charge is 0.0914 e. The number of unbranched alkanes of at least 4 members (excludes halogenated alkanes) is 2. The number of hydrogen-bond acceptors (Lipinski definition) is 0. The maximum absolute atomic E-state index is 5.23. The van der Waals surface area contributed by atoms with Crippen molar-refractivity contribution in [1.82, 2.24) is 0 Å². The van der Waals surface area contributed by atoms with Gasteiger partial charge in [-0.3, -0.25) is 0 Å². The van der Waals surface area contributed by atoms with E-state index < -0.39 is 0 Å². The van der Waals surface area contributed by atoms with Gasteiger partial charge >= 0.3 is 0 Å². The smallest absolute Gasteiger partial charge is 0.0169 e. The molecular weight excluding hydrogens is 132 g/mol. The highest BCUT2D eigenvalue weighted by molar-refractivity contribution is 4.91. The molecular formula is C11H17. The monoisotopic (exact) mass is 149 g/mol. The molecule has 0 bridgehead atoms. The SMILES string of the molecule is [CH]=CCCCC=CCC=CC. The molecule has 0 rings (SSSR count). The van der Waals surface area contributed by atoms with Gasteiger partial charge in [-0.15, -0.1) is 0 Å². The Labute approximate surface area is 70.3 Å². The van der Waals surface area contributed by atoms with Crippen LogP contribution in [-0.2, 0) is 0 Å². The highest BCUT2D eigenvalue weighted by Crippen LogP contribution is 1.97. The third-order valence-electron chi connectivity index (χ3n) is 1.42. The Morgan fingerprint density at radius 3 is 2.55 bits per heavy atom. The zero-order chi connectivity index (χ0) is 8.36. The van der Waals surface area contributed by atoms with Crippen LogP contribution in [0.15, 0.2) is 30.4 Å². The molecule has 1 radical (unpaired) electrons. The van der Waals surface area contributed by atoms with Crippen LogP contribution in [0.25, 0.3) is 0 Å². The molecule has 0 unspecified atom stereocenters. The third kappa shape index (κ3) is 9.22. The van der Waals surface area contributed by atoms with Crippen molar-refractivity contribution in [3.05, 3.63) is 37.0 Å². The summed E-state index contributed by atoms with van der Waals surface area (Å²) in [6.45, 7) is 7.27. The quantitative estimate of drug-likeness (QED) is 0.399. The summed E-state index contributed by atoms with van der Waals surface area (Å²) in [6, 6.07) is 0. The fourth-order valence-corrected chi connectivity index (χ4v) is 0.782. The summed E-state index contributed by atoms with van der Waals surface area (Å²) in [7, 11) is 0. The third-order valence-corrected chi connectivity index (χ3v) is 1.42. The van der Waals surface area contributed by atoms with Crippen molar-refractivity contribution in [2.45, 2.75) is 32.6 Å². The molecule has 0 aromatic rings. The van der Waals surface area contributed by atoms with Crippen molar-refractivity contribution < 1.29 is 0 Å². The van der Waals surface area contributed by atoms with Crippen LogP contribution in [0, 0.1) is 6.58 Å². The van der Waals surface area contributed by atoms with Crippen molar-refractivity contribution in [3.63, 3.8) is 0 Å². The Hall–Kier alpha value is -0.780. The lowest BCUT2D eigenvalue weighted by Gasteiger charge is -1.87. The first-order valence-electron chi connectivity index (χ1n) is 4.21. The van der Waals surface area contributed by atoms with Crippen LogP contribution in [0.5, 0.6) is 0 Å². The Bertz CT molecular complexity index is 129. The second-order valence-electron chi connectivity index (χ2n) is 2.44. The molecule has 0 saturated carbocycles. The second-order valence-corrected chi connectivity index (χ2v) is 2.44. The zero-order valence-electron chi connectivity index (χ0n) is 7.29. The van der Waals surface area contributed by atoms with Gasteiger partial charge in [0.2, 0.25) is 0 Å². The predicted molar refractivity (Wildman–Crippen MR) is 51.3 cm³/mol. The lowest BCUT2D eigenvalue weighted by atomic mass is 10.2. The van der Waals surface area contributed by atoms with Crippen molar-refractivity contribution in [2.75, 3.05) is 0 Å². The van der Waals surface area contributed by atoms with Crippen LogP contribution < -0.4 is 0 Å². The van der Waals surface area contributed by atoms with Crippen LogP contribution in [0.3, 0.4) is 0 Å². The summed E-state index contributed by atoms with van der Waals surface area (Å²) in [5, 5.41) is 0. The molecule has 0 amide bonds. The lowest BCUT2D eigenvalue weighted by molar-refractivity contribution is 0.866. The van der Waals surface area contributed by atoms with Crippen molar-refractivity contribution >= 4 is 0 Å². The Kier molecular flexibility index (Phi) is 8.57. The van der Waals surface area contributed by atoms with Gasteiger partial charge in [-0.2, -0.15) is 0 Å². The first kappa shape index (κ1) is 10.2. The van der Waals surface area contributed by atoms with Crippen LogP contribution in [-0.4, -0.2) is 0 Å². The van der Waals surface area contributed by atoms with E-state index in [2.05, 4.69) is 24.3 Å². The topological polar surface area (TPSA) is 0 Å². The summed E-state index contributed by atoms with van der Waals surface area (Å²) in [4.78, 5) is 0. The van der Waals surface area contributed by atoms with Crippen molar-refractivity contribution in [3.8, 4) is 0 Å². The molecule has 0 N–H and O–H groups in total. The first-order valence-corrected chi connectivity index (χ1v) is 4.21. The molecule has 0 aliphatic heterocycles. The average molecular weight is 149 g/mol. The number of allylic oxidation sites excluding steroid dienone is 5. The summed E-state index contributed by atoms with van der Waals surface area (Å²) < 4.78 is 0. The maximum atomic E-state index is 5.23. The van der Waals surface area contributed by atoms with Gasteiger partial charge in [0.25, 0.3) is 0 Å². The minimum atomic E-state index is 1.02. The van der Waals surface area contributed by atoms with Gasteiger partial charge in [-0.05, 0) is 32.6 Å². The minimum absolute atomic E-state index is 1.02. The Balaban J connectivity index is 3.09. The van der Waals surface area contributed by atoms with E-state index in [-0.39, 0.29) is 0 Å². The van der Waals surface area contributed by atoms with Gasteiger partial charge in [-0.1, -0.05) is 37.0 Å². The molecule has 0 nitrogen and oxygen atoms in total. The van der Waals surface area contributed by atoms with Crippen LogP contribution >= 0.6 is 0 Å². The molecule has 11 heavy (non-hydrogen) atoms. The van der Waals surface area contributed by atoms with Crippen LogP contribution in [0.1, 0.15) is 32.6 Å². The molecule has 0 saturated heterocycles. The van der Waals surface area contributed by atoms with Crippen molar-refractivity contribution in [2.24, 2.45) is 0 Å². The van der Waals surface area contributed by atoms with E-state index in [9.17, 15) is 0 Å². The van der Waals surface area contributed by atoms with E-state index in [1.165, 1.54) is 6.42 Å². The fourth-order valence-electron chi connectivity index (χ4n) is 0.782. The molecule has 0 heterocycles. The van der Waals surface area contributed by atoms with E-state index in [1.54, 1.807) is 6.08 Å². The van der Waals surface area contributed by atoms with E-state index in [0.29, 0.717) is 0 Å². The Morgan fingerprint density at radius 1 is 1.09 bits per heavy atom. The summed E-state index contributed by atoms with van der Waals surface area (Å²) in [6.07, 6.45) is 14.7. The normalized spacial score (nSPS) is 11.4. The highest BCUT2D eigenvalue weighted by atomic mass is 13.8. The lowest BCUT2D eigenvalue weighted by Crippen LogP contribution is -1.67. The van der Waals surface area contributed by atoms with E-state index >= 15 is 0 Å². The molecule has 0 heteroatoms. The predicted octanol–water partition coefficient (Wildman–Crippen LogP) is 3.67. The molecule has 0 fully saturated rings. The average Bonchev–Trinajstić information content (AvgIpc) is 2.03. The maximum Gasteiger partial charge on any atom is -0.0169 e. The van der Waals surface area contributed by atoms with Crippen LogP contribution in [0.4, 0.5) is 0 Å². The summed E-state index contributed by atoms with van der Waals surface area (Å²) in [5.74, 6) is 0. The molecule has 61 valence electrons. The van der Waals surface area contributed by atoms with Gasteiger partial charge in [0, 0.05) is 0 Å². The van der Waals surface area contributed by atoms with E-state index in [0.717, 1.165) is 19.3 Å². The fraction of sp³-hybridized carbons (Fsp3) is 0.455. The highest BCUT2D eigenvalue weighted by Gasteiger charge is 1.77. The summed E-state index contributed by atoms with van der Waals surface area (Å²) in [5.41, 5.74) is 0. The minimum Gasteiger partial charge on any atom is -0.0914 e. The van der Waals surface area contributed by atoms with Gasteiger partial charge < -0.3 is 0 Å². The van der Waals surface area contributed by atoms with E-state index in [1.807, 2.05) is 6.92 Å². The first-order chi connectivity index (χ1) is 5.41. The summed E-state index contributed by atoms with van der Waals surface area (Å²) >= 11 is 0. The van der Waals surface area contributed by atoms with Gasteiger partial charge in [-0.25, -0.2) is 0 Å². The van der Waals surface area contributed by atoms with Gasteiger partial charge in [0.1, 0.15) is 0 Å². The molecule has 0 aliphatic carbocycles. The molecule has 0 aliphatic rings. The van der Waals surface area contributed by atoms with Gasteiger partial charge in [0.05, 0.1) is 0 Å².